The van der Waals surface area contributed by atoms with Gasteiger partial charge >= 0.3 is 0 Å². The number of carbonyl (C=O) groups excluding carboxylic acids is 2. The normalized spacial score (nSPS) is 21.3. The topological polar surface area (TPSA) is 107 Å². The molecule has 3 heterocycles. The lowest BCUT2D eigenvalue weighted by molar-refractivity contribution is -0.123. The summed E-state index contributed by atoms with van der Waals surface area (Å²) in [6.07, 6.45) is 3.05. The smallest absolute Gasteiger partial charge is 0.258 e. The van der Waals surface area contributed by atoms with Crippen molar-refractivity contribution in [2.75, 3.05) is 22.1 Å². The number of benzene rings is 1. The van der Waals surface area contributed by atoms with Gasteiger partial charge in [-0.25, -0.2) is 0 Å². The number of hydrogen-bond donors (Lipinski definition) is 3. The summed E-state index contributed by atoms with van der Waals surface area (Å²) in [7, 11) is 0. The highest BCUT2D eigenvalue weighted by Crippen LogP contribution is 2.31. The van der Waals surface area contributed by atoms with Gasteiger partial charge in [0.25, 0.3) is 5.56 Å². The molecule has 0 saturated carbocycles. The number of amides is 2. The molecule has 1 saturated heterocycles. The predicted octanol–water partition coefficient (Wildman–Crippen LogP) is 2.87. The molecule has 0 spiro atoms. The summed E-state index contributed by atoms with van der Waals surface area (Å²) in [6.45, 7) is 2.87. The maximum atomic E-state index is 12.9. The maximum Gasteiger partial charge on any atom is 0.258 e. The first-order valence-electron chi connectivity index (χ1n) is 9.69. The number of rotatable bonds is 3. The van der Waals surface area contributed by atoms with Crippen molar-refractivity contribution in [2.45, 2.75) is 44.6 Å². The molecule has 152 valence electrons. The van der Waals surface area contributed by atoms with Gasteiger partial charge in [-0.15, -0.1) is 0 Å². The van der Waals surface area contributed by atoms with Gasteiger partial charge in [0.15, 0.2) is 0 Å². The van der Waals surface area contributed by atoms with Crippen molar-refractivity contribution in [3.63, 3.8) is 0 Å². The molecular weight excluding hydrogens is 394 g/mol. The maximum absolute atomic E-state index is 12.9. The fraction of sp³-hybridized carbons (Fsp3) is 0.400. The predicted molar refractivity (Wildman–Crippen MR) is 112 cm³/mol. The zero-order chi connectivity index (χ0) is 20.5. The second-order valence-electron chi connectivity index (χ2n) is 7.49. The van der Waals surface area contributed by atoms with E-state index in [-0.39, 0.29) is 29.8 Å². The van der Waals surface area contributed by atoms with Gasteiger partial charge in [-0.1, -0.05) is 11.6 Å². The van der Waals surface area contributed by atoms with Crippen LogP contribution in [0.1, 0.15) is 44.1 Å². The van der Waals surface area contributed by atoms with Gasteiger partial charge in [0.1, 0.15) is 5.82 Å². The lowest BCUT2D eigenvalue weighted by Crippen LogP contribution is -2.41. The zero-order valence-corrected chi connectivity index (χ0v) is 16.8. The molecule has 8 nitrogen and oxygen atoms in total. The van der Waals surface area contributed by atoms with Gasteiger partial charge in [-0.05, 0) is 50.5 Å². The molecule has 2 unspecified atom stereocenters. The number of anilines is 3. The molecule has 1 aromatic heterocycles. The fourth-order valence-electron chi connectivity index (χ4n) is 3.89. The third-order valence-corrected chi connectivity index (χ3v) is 5.69. The minimum atomic E-state index is -0.918. The van der Waals surface area contributed by atoms with E-state index in [1.165, 1.54) is 0 Å². The van der Waals surface area contributed by atoms with Crippen LogP contribution in [0.3, 0.4) is 0 Å². The molecular formula is C20H22ClN5O3. The number of aromatic amines is 1. The van der Waals surface area contributed by atoms with Gasteiger partial charge < -0.3 is 15.5 Å². The third kappa shape index (κ3) is 3.98. The van der Waals surface area contributed by atoms with Gasteiger partial charge in [-0.2, -0.15) is 4.98 Å². The lowest BCUT2D eigenvalue weighted by atomic mass is 9.92. The molecule has 2 aliphatic heterocycles. The molecule has 9 heteroatoms. The highest BCUT2D eigenvalue weighted by molar-refractivity contribution is 6.30. The van der Waals surface area contributed by atoms with E-state index in [1.54, 1.807) is 24.3 Å². The lowest BCUT2D eigenvalue weighted by Gasteiger charge is -2.34. The van der Waals surface area contributed by atoms with Crippen LogP contribution in [-0.4, -0.2) is 34.4 Å². The summed E-state index contributed by atoms with van der Waals surface area (Å²) in [6, 6.07) is 6.87. The highest BCUT2D eigenvalue weighted by Gasteiger charge is 2.35. The molecule has 2 aliphatic rings. The molecule has 29 heavy (non-hydrogen) atoms. The number of aromatic nitrogens is 2. The average molecular weight is 416 g/mol. The third-order valence-electron chi connectivity index (χ3n) is 5.44. The van der Waals surface area contributed by atoms with Crippen molar-refractivity contribution >= 4 is 40.9 Å². The first-order chi connectivity index (χ1) is 13.9. The van der Waals surface area contributed by atoms with Crippen LogP contribution >= 0.6 is 11.6 Å². The van der Waals surface area contributed by atoms with Crippen molar-refractivity contribution in [2.24, 2.45) is 0 Å². The van der Waals surface area contributed by atoms with Crippen LogP contribution in [0.15, 0.2) is 29.1 Å². The Hall–Kier alpha value is -2.87. The highest BCUT2D eigenvalue weighted by atomic mass is 35.5. The van der Waals surface area contributed by atoms with Crippen molar-refractivity contribution in [1.29, 1.82) is 0 Å². The van der Waals surface area contributed by atoms with Crippen LogP contribution in [0.2, 0.25) is 5.02 Å². The number of fused-ring (bicyclic) bond motifs is 1. The Morgan fingerprint density at radius 3 is 2.72 bits per heavy atom. The Morgan fingerprint density at radius 2 is 2.00 bits per heavy atom. The summed E-state index contributed by atoms with van der Waals surface area (Å²) in [4.78, 5) is 47.3. The van der Waals surface area contributed by atoms with Gasteiger partial charge in [0, 0.05) is 29.7 Å². The molecule has 0 bridgehead atoms. The number of carbonyl (C=O) groups is 2. The van der Waals surface area contributed by atoms with E-state index in [0.29, 0.717) is 16.7 Å². The summed E-state index contributed by atoms with van der Waals surface area (Å²) >= 11 is 5.87. The van der Waals surface area contributed by atoms with E-state index in [1.807, 2.05) is 4.90 Å². The van der Waals surface area contributed by atoms with Crippen molar-refractivity contribution in [1.82, 2.24) is 9.97 Å². The Labute approximate surface area is 172 Å². The molecule has 1 aromatic carbocycles. The summed E-state index contributed by atoms with van der Waals surface area (Å²) in [5.41, 5.74) is 0.318. The number of piperidine rings is 1. The Kier molecular flexibility index (Phi) is 5.27. The van der Waals surface area contributed by atoms with E-state index >= 15 is 0 Å². The SMILES string of the molecule is CC1CCCCN1c1nc2c(c(=O)[nH]1)C(C(=O)Nc1ccc(Cl)cc1)CC(=O)N2. The summed E-state index contributed by atoms with van der Waals surface area (Å²) in [5.74, 6) is -1.10. The van der Waals surface area contributed by atoms with Crippen molar-refractivity contribution in [3.05, 3.63) is 45.2 Å². The molecule has 2 aromatic rings. The van der Waals surface area contributed by atoms with E-state index < -0.39 is 17.4 Å². The van der Waals surface area contributed by atoms with Crippen molar-refractivity contribution < 1.29 is 9.59 Å². The second-order valence-corrected chi connectivity index (χ2v) is 7.93. The first kappa shape index (κ1) is 19.4. The van der Waals surface area contributed by atoms with Crippen LogP contribution in [0.25, 0.3) is 0 Å². The summed E-state index contributed by atoms with van der Waals surface area (Å²) < 4.78 is 0. The van der Waals surface area contributed by atoms with Gasteiger partial charge in [0.05, 0.1) is 11.5 Å². The molecule has 4 rings (SSSR count). The minimum Gasteiger partial charge on any atom is -0.340 e. The van der Waals surface area contributed by atoms with Crippen LogP contribution in [0.5, 0.6) is 0 Å². The van der Waals surface area contributed by atoms with Crippen molar-refractivity contribution in [3.8, 4) is 0 Å². The van der Waals surface area contributed by atoms with Gasteiger partial charge in [-0.3, -0.25) is 19.4 Å². The molecule has 0 radical (unpaired) electrons. The quantitative estimate of drug-likeness (QED) is 0.714. The first-order valence-corrected chi connectivity index (χ1v) is 10.1. The zero-order valence-electron chi connectivity index (χ0n) is 16.0. The van der Waals surface area contributed by atoms with Gasteiger partial charge in [0.2, 0.25) is 17.8 Å². The number of nitrogens with zero attached hydrogens (tertiary/aromatic N) is 2. The molecule has 1 fully saturated rings. The average Bonchev–Trinajstić information content (AvgIpc) is 2.69. The Morgan fingerprint density at radius 1 is 1.24 bits per heavy atom. The second kappa shape index (κ2) is 7.87. The van der Waals surface area contributed by atoms with E-state index in [4.69, 9.17) is 11.6 Å². The van der Waals surface area contributed by atoms with E-state index in [9.17, 15) is 14.4 Å². The summed E-state index contributed by atoms with van der Waals surface area (Å²) in [5, 5.41) is 5.95. The Bertz CT molecular complexity index is 1000. The van der Waals surface area contributed by atoms with Crippen LogP contribution in [0.4, 0.5) is 17.5 Å². The standard InChI is InChI=1S/C20H22ClN5O3/c1-11-4-2-3-9-26(11)20-24-17-16(19(29)25-20)14(10-15(27)23-17)18(28)22-13-7-5-12(21)6-8-13/h5-8,11,14H,2-4,9-10H2,1H3,(H,22,28)(H2,23,24,25,27,29). The number of halogens is 1. The van der Waals surface area contributed by atoms with E-state index in [0.717, 1.165) is 25.8 Å². The molecule has 0 aliphatic carbocycles. The van der Waals surface area contributed by atoms with E-state index in [2.05, 4.69) is 27.5 Å². The Balaban J connectivity index is 1.65. The number of hydrogen-bond acceptors (Lipinski definition) is 5. The molecule has 2 atom stereocenters. The fourth-order valence-corrected chi connectivity index (χ4v) is 4.02. The van der Waals surface area contributed by atoms with Crippen LogP contribution in [0, 0.1) is 0 Å². The van der Waals surface area contributed by atoms with Crippen LogP contribution in [-0.2, 0) is 9.59 Å². The van der Waals surface area contributed by atoms with Crippen LogP contribution < -0.4 is 21.1 Å². The number of nitrogens with one attached hydrogen (secondary N) is 3. The molecule has 2 amide bonds. The monoisotopic (exact) mass is 415 g/mol. The largest absolute Gasteiger partial charge is 0.340 e. The molecule has 3 N–H and O–H groups in total. The minimum absolute atomic E-state index is 0.114. The number of H-pyrrole nitrogens is 1.